The van der Waals surface area contributed by atoms with E-state index in [1.54, 1.807) is 13.0 Å². The number of halogens is 1. The molecule has 2 heterocycles. The number of aromatic nitrogens is 1. The zero-order chi connectivity index (χ0) is 19.8. The van der Waals surface area contributed by atoms with E-state index in [1.165, 1.54) is 6.07 Å². The molecule has 0 radical (unpaired) electrons. The lowest BCUT2D eigenvalue weighted by molar-refractivity contribution is 0.0935. The first-order chi connectivity index (χ1) is 13.4. The zero-order valence-electron chi connectivity index (χ0n) is 15.8. The van der Waals surface area contributed by atoms with Crippen molar-refractivity contribution in [1.29, 1.82) is 0 Å². The van der Waals surface area contributed by atoms with Crippen LogP contribution in [0.1, 0.15) is 44.7 Å². The van der Waals surface area contributed by atoms with Crippen LogP contribution in [-0.4, -0.2) is 11.1 Å². The second-order valence-corrected chi connectivity index (χ2v) is 6.86. The maximum atomic E-state index is 13.7. The Morgan fingerprint density at radius 1 is 1.14 bits per heavy atom. The normalized spacial score (nSPS) is 15.6. The van der Waals surface area contributed by atoms with Crippen molar-refractivity contribution in [3.05, 3.63) is 75.9 Å². The summed E-state index contributed by atoms with van der Waals surface area (Å²) in [6, 6.07) is 10.3. The summed E-state index contributed by atoms with van der Waals surface area (Å²) in [6.45, 7) is 5.77. The van der Waals surface area contributed by atoms with E-state index in [0.717, 1.165) is 22.6 Å². The first-order valence-corrected chi connectivity index (χ1v) is 8.94. The van der Waals surface area contributed by atoms with Gasteiger partial charge in [-0.25, -0.2) is 4.39 Å². The summed E-state index contributed by atoms with van der Waals surface area (Å²) in [5.41, 5.74) is 4.02. The van der Waals surface area contributed by atoms with Gasteiger partial charge in [0.1, 0.15) is 30.1 Å². The molecule has 28 heavy (non-hydrogen) atoms. The van der Waals surface area contributed by atoms with Gasteiger partial charge in [0.15, 0.2) is 0 Å². The fourth-order valence-corrected chi connectivity index (χ4v) is 3.18. The van der Waals surface area contributed by atoms with E-state index in [9.17, 15) is 9.18 Å². The third-order valence-electron chi connectivity index (χ3n) is 4.90. The van der Waals surface area contributed by atoms with Crippen LogP contribution in [0.2, 0.25) is 0 Å². The Morgan fingerprint density at radius 2 is 1.89 bits per heavy atom. The minimum Gasteiger partial charge on any atom is -0.489 e. The molecule has 0 saturated carbocycles. The first-order valence-electron chi connectivity index (χ1n) is 8.94. The topological polar surface area (TPSA) is 76.4 Å². The van der Waals surface area contributed by atoms with E-state index in [0.29, 0.717) is 29.2 Å². The molecule has 1 amide bonds. The average Bonchev–Trinajstić information content (AvgIpc) is 3.00. The molecular formula is C21H20FN3O3. The Morgan fingerprint density at radius 3 is 2.57 bits per heavy atom. The Balaban J connectivity index is 1.48. The summed E-state index contributed by atoms with van der Waals surface area (Å²) in [4.78, 5) is 12.3. The monoisotopic (exact) mass is 381 g/mol. The predicted molar refractivity (Wildman–Crippen MR) is 102 cm³/mol. The number of benzene rings is 2. The summed E-state index contributed by atoms with van der Waals surface area (Å²) >= 11 is 0. The van der Waals surface area contributed by atoms with Crippen LogP contribution in [0.5, 0.6) is 5.75 Å². The molecule has 0 unspecified atom stereocenters. The maximum absolute atomic E-state index is 13.7. The van der Waals surface area contributed by atoms with Gasteiger partial charge in [0, 0.05) is 5.69 Å². The van der Waals surface area contributed by atoms with Crippen LogP contribution >= 0.6 is 0 Å². The number of carbonyl (C=O) groups excluding carboxylic acids is 1. The summed E-state index contributed by atoms with van der Waals surface area (Å²) in [7, 11) is 0. The Bertz CT molecular complexity index is 1020. The molecule has 1 aliphatic heterocycles. The van der Waals surface area contributed by atoms with Crippen LogP contribution in [-0.2, 0) is 6.61 Å². The predicted octanol–water partition coefficient (Wildman–Crippen LogP) is 4.17. The van der Waals surface area contributed by atoms with Gasteiger partial charge >= 0.3 is 0 Å². The SMILES string of the molecule is Cc1cc2c(cc1F)C(=O)N[C@@H](c1ccc(OCc3c(C)noc3C)cc1)N2. The van der Waals surface area contributed by atoms with Gasteiger partial charge < -0.3 is 19.9 Å². The van der Waals surface area contributed by atoms with Gasteiger partial charge in [-0.3, -0.25) is 4.79 Å². The highest BCUT2D eigenvalue weighted by Crippen LogP contribution is 2.29. The lowest BCUT2D eigenvalue weighted by atomic mass is 10.0. The van der Waals surface area contributed by atoms with Crippen molar-refractivity contribution >= 4 is 11.6 Å². The number of amides is 1. The number of ether oxygens (including phenoxy) is 1. The van der Waals surface area contributed by atoms with Gasteiger partial charge in [0.25, 0.3) is 5.91 Å². The van der Waals surface area contributed by atoms with E-state index in [1.807, 2.05) is 38.1 Å². The van der Waals surface area contributed by atoms with Gasteiger partial charge in [0.2, 0.25) is 0 Å². The minimum absolute atomic E-state index is 0.304. The van der Waals surface area contributed by atoms with Crippen molar-refractivity contribution in [2.24, 2.45) is 0 Å². The number of fused-ring (bicyclic) bond motifs is 1. The quantitative estimate of drug-likeness (QED) is 0.709. The molecule has 0 spiro atoms. The number of hydrogen-bond donors (Lipinski definition) is 2. The highest BCUT2D eigenvalue weighted by Gasteiger charge is 2.25. The first kappa shape index (κ1) is 18.0. The number of carbonyl (C=O) groups is 1. The second kappa shape index (κ2) is 6.99. The second-order valence-electron chi connectivity index (χ2n) is 6.86. The summed E-state index contributed by atoms with van der Waals surface area (Å²) in [5.74, 6) is 0.739. The van der Waals surface area contributed by atoms with Gasteiger partial charge in [-0.15, -0.1) is 0 Å². The molecule has 1 atom stereocenters. The highest BCUT2D eigenvalue weighted by atomic mass is 19.1. The fourth-order valence-electron chi connectivity index (χ4n) is 3.18. The molecule has 0 bridgehead atoms. The molecule has 2 N–H and O–H groups in total. The summed E-state index contributed by atoms with van der Waals surface area (Å²) in [5, 5.41) is 10.0. The Hall–Kier alpha value is -3.35. The molecule has 0 fully saturated rings. The summed E-state index contributed by atoms with van der Waals surface area (Å²) in [6.07, 6.45) is -0.401. The van der Waals surface area contributed by atoms with E-state index >= 15 is 0 Å². The number of hydrogen-bond acceptors (Lipinski definition) is 5. The van der Waals surface area contributed by atoms with Crippen LogP contribution in [0.25, 0.3) is 0 Å². The highest BCUT2D eigenvalue weighted by molar-refractivity contribution is 6.01. The lowest BCUT2D eigenvalue weighted by Gasteiger charge is -2.28. The molecule has 1 aromatic heterocycles. The van der Waals surface area contributed by atoms with Crippen molar-refractivity contribution in [2.75, 3.05) is 5.32 Å². The summed E-state index contributed by atoms with van der Waals surface area (Å²) < 4.78 is 24.7. The van der Waals surface area contributed by atoms with Gasteiger partial charge in [-0.2, -0.15) is 0 Å². The lowest BCUT2D eigenvalue weighted by Crippen LogP contribution is -2.38. The molecule has 144 valence electrons. The molecule has 7 heteroatoms. The number of nitrogens with one attached hydrogen (secondary N) is 2. The van der Waals surface area contributed by atoms with Crippen LogP contribution in [0.3, 0.4) is 0 Å². The van der Waals surface area contributed by atoms with Crippen molar-refractivity contribution in [1.82, 2.24) is 10.5 Å². The van der Waals surface area contributed by atoms with Gasteiger partial charge in [-0.1, -0.05) is 17.3 Å². The van der Waals surface area contributed by atoms with Crippen LogP contribution in [0.4, 0.5) is 10.1 Å². The van der Waals surface area contributed by atoms with E-state index < -0.39 is 12.0 Å². The van der Waals surface area contributed by atoms with Crippen LogP contribution in [0, 0.1) is 26.6 Å². The molecular weight excluding hydrogens is 361 g/mol. The molecule has 4 rings (SSSR count). The molecule has 0 aliphatic carbocycles. The minimum atomic E-state index is -0.401. The van der Waals surface area contributed by atoms with Crippen LogP contribution in [0.15, 0.2) is 40.9 Å². The molecule has 0 saturated heterocycles. The van der Waals surface area contributed by atoms with Crippen LogP contribution < -0.4 is 15.4 Å². The third-order valence-corrected chi connectivity index (χ3v) is 4.90. The van der Waals surface area contributed by atoms with E-state index in [2.05, 4.69) is 15.8 Å². The average molecular weight is 381 g/mol. The Kier molecular flexibility index (Phi) is 4.50. The van der Waals surface area contributed by atoms with Gasteiger partial charge in [-0.05, 0) is 56.2 Å². The molecule has 2 aromatic carbocycles. The third kappa shape index (κ3) is 3.31. The zero-order valence-corrected chi connectivity index (χ0v) is 15.8. The number of anilines is 1. The Labute approximate surface area is 161 Å². The largest absolute Gasteiger partial charge is 0.489 e. The maximum Gasteiger partial charge on any atom is 0.255 e. The van der Waals surface area contributed by atoms with Crippen molar-refractivity contribution in [3.8, 4) is 5.75 Å². The number of rotatable bonds is 4. The number of nitrogens with zero attached hydrogens (tertiary/aromatic N) is 1. The number of aryl methyl sites for hydroxylation is 3. The molecule has 6 nitrogen and oxygen atoms in total. The van der Waals surface area contributed by atoms with E-state index in [4.69, 9.17) is 9.26 Å². The molecule has 3 aromatic rings. The van der Waals surface area contributed by atoms with Crippen molar-refractivity contribution in [3.63, 3.8) is 0 Å². The fraction of sp³-hybridized carbons (Fsp3) is 0.238. The van der Waals surface area contributed by atoms with Crippen molar-refractivity contribution < 1.29 is 18.4 Å². The van der Waals surface area contributed by atoms with Gasteiger partial charge in [0.05, 0.1) is 16.8 Å². The standard InChI is InChI=1S/C21H20FN3O3/c1-11-8-19-16(9-18(11)22)21(26)24-20(23-19)14-4-6-15(7-5-14)27-10-17-12(2)25-28-13(17)3/h4-9,20,23H,10H2,1-3H3,(H,24,26)/t20-/m0/s1. The van der Waals surface area contributed by atoms with E-state index in [-0.39, 0.29) is 5.91 Å². The van der Waals surface area contributed by atoms with Crippen molar-refractivity contribution in [2.45, 2.75) is 33.5 Å². The smallest absolute Gasteiger partial charge is 0.255 e. The molecule has 1 aliphatic rings.